The number of allylic oxidation sites excluding steroid dienone is 1. The smallest absolute Gasteiger partial charge is 0.312 e. The molecule has 5 atom stereocenters. The monoisotopic (exact) mass is 581 g/mol. The largest absolute Gasteiger partial charge is 0.465 e. The van der Waals surface area contributed by atoms with Crippen LogP contribution in [0.4, 0.5) is 11.4 Å². The van der Waals surface area contributed by atoms with Crippen molar-refractivity contribution in [2.24, 2.45) is 11.8 Å². The molecular formula is C33H47N3O6. The third-order valence-corrected chi connectivity index (χ3v) is 9.39. The average Bonchev–Trinajstić information content (AvgIpc) is 3.61. The van der Waals surface area contributed by atoms with Crippen molar-refractivity contribution in [1.82, 2.24) is 4.90 Å². The van der Waals surface area contributed by atoms with Gasteiger partial charge in [-0.05, 0) is 76.6 Å². The zero-order valence-corrected chi connectivity index (χ0v) is 25.4. The minimum atomic E-state index is -1.15. The van der Waals surface area contributed by atoms with Crippen molar-refractivity contribution in [2.45, 2.75) is 76.5 Å². The molecule has 2 amide bonds. The van der Waals surface area contributed by atoms with Crippen molar-refractivity contribution in [2.75, 3.05) is 49.2 Å². The lowest BCUT2D eigenvalue weighted by atomic mass is 9.65. The molecule has 1 aromatic rings. The van der Waals surface area contributed by atoms with Crippen LogP contribution in [-0.4, -0.2) is 84.4 Å². The predicted octanol–water partition coefficient (Wildman–Crippen LogP) is 4.10. The minimum absolute atomic E-state index is 0.125. The Morgan fingerprint density at radius 2 is 1.79 bits per heavy atom. The fourth-order valence-electron chi connectivity index (χ4n) is 7.36. The molecule has 0 aromatic heterocycles. The number of likely N-dealkylation sites (tertiary alicyclic amines) is 1. The number of aliphatic hydroxyl groups excluding tert-OH is 1. The van der Waals surface area contributed by atoms with E-state index in [0.29, 0.717) is 37.8 Å². The van der Waals surface area contributed by atoms with Gasteiger partial charge >= 0.3 is 5.97 Å². The molecule has 2 bridgehead atoms. The number of esters is 1. The highest BCUT2D eigenvalue weighted by Gasteiger charge is 2.79. The Hall–Kier alpha value is -3.17. The Balaban J connectivity index is 1.72. The number of hydrogen-bond acceptors (Lipinski definition) is 7. The van der Waals surface area contributed by atoms with Crippen LogP contribution in [-0.2, 0) is 23.9 Å². The second kappa shape index (κ2) is 13.4. The van der Waals surface area contributed by atoms with E-state index in [1.807, 2.05) is 31.2 Å². The number of amides is 2. The molecule has 42 heavy (non-hydrogen) atoms. The summed E-state index contributed by atoms with van der Waals surface area (Å²) in [6, 6.07) is 6.90. The van der Waals surface area contributed by atoms with Crippen LogP contribution in [0.1, 0.15) is 59.3 Å². The molecule has 3 saturated heterocycles. The molecule has 3 aliphatic heterocycles. The lowest BCUT2D eigenvalue weighted by Crippen LogP contribution is -2.56. The van der Waals surface area contributed by atoms with Crippen molar-refractivity contribution < 1.29 is 29.0 Å². The van der Waals surface area contributed by atoms with Gasteiger partial charge in [-0.3, -0.25) is 14.4 Å². The van der Waals surface area contributed by atoms with Crippen LogP contribution in [0.25, 0.3) is 0 Å². The molecule has 1 N–H and O–H groups in total. The van der Waals surface area contributed by atoms with Gasteiger partial charge in [0.25, 0.3) is 5.91 Å². The highest BCUT2D eigenvalue weighted by molar-refractivity contribution is 6.05. The van der Waals surface area contributed by atoms with E-state index in [9.17, 15) is 19.5 Å². The zero-order chi connectivity index (χ0) is 30.5. The molecule has 2 unspecified atom stereocenters. The average molecular weight is 582 g/mol. The molecule has 230 valence electrons. The van der Waals surface area contributed by atoms with Crippen molar-refractivity contribution >= 4 is 29.2 Å². The van der Waals surface area contributed by atoms with Gasteiger partial charge in [-0.25, -0.2) is 0 Å². The number of anilines is 2. The quantitative estimate of drug-likeness (QED) is 0.178. The number of ether oxygens (including phenoxy) is 2. The number of rotatable bonds is 16. The molecule has 9 nitrogen and oxygen atoms in total. The van der Waals surface area contributed by atoms with Gasteiger partial charge in [0, 0.05) is 44.2 Å². The van der Waals surface area contributed by atoms with E-state index in [-0.39, 0.29) is 38.1 Å². The lowest BCUT2D eigenvalue weighted by molar-refractivity contribution is -0.161. The van der Waals surface area contributed by atoms with E-state index in [0.717, 1.165) is 25.2 Å². The summed E-state index contributed by atoms with van der Waals surface area (Å²) in [6.07, 6.45) is 6.73. The Labute approximate surface area is 250 Å². The first kappa shape index (κ1) is 31.8. The highest BCUT2D eigenvalue weighted by Crippen LogP contribution is 2.64. The van der Waals surface area contributed by atoms with Gasteiger partial charge in [0.2, 0.25) is 5.91 Å². The van der Waals surface area contributed by atoms with Crippen LogP contribution in [0.15, 0.2) is 49.6 Å². The molecule has 1 spiro atoms. The van der Waals surface area contributed by atoms with Crippen LogP contribution >= 0.6 is 0 Å². The fourth-order valence-corrected chi connectivity index (χ4v) is 7.36. The van der Waals surface area contributed by atoms with Gasteiger partial charge in [-0.15, -0.1) is 13.2 Å². The van der Waals surface area contributed by atoms with Crippen LogP contribution in [0.2, 0.25) is 0 Å². The van der Waals surface area contributed by atoms with Crippen molar-refractivity contribution in [1.29, 1.82) is 0 Å². The predicted molar refractivity (Wildman–Crippen MR) is 163 cm³/mol. The molecule has 9 heteroatoms. The summed E-state index contributed by atoms with van der Waals surface area (Å²) in [4.78, 5) is 47.8. The summed E-state index contributed by atoms with van der Waals surface area (Å²) in [5.74, 6) is -2.60. The number of aliphatic hydroxyl groups is 1. The lowest BCUT2D eigenvalue weighted by Gasteiger charge is -2.37. The van der Waals surface area contributed by atoms with Crippen molar-refractivity contribution in [3.05, 3.63) is 49.6 Å². The number of unbranched alkanes of at least 4 members (excludes halogenated alkanes) is 1. The standard InChI is InChI=1S/C33H47N3O6/c1-6-11-12-23-41-31(40)27-26-29(38)36(21-13-22-37)28(33(26)19-18-32(27,8-3)42-33)30(39)35(20-7-2)25-16-14-24(15-17-25)34(9-4)10-5/h6-7,14-17,26-28,37H,1-2,8-13,18-23H2,3-5H3/t26-,27-,28?,32+,33?/m0/s1. The molecule has 3 heterocycles. The summed E-state index contributed by atoms with van der Waals surface area (Å²) >= 11 is 0. The Morgan fingerprint density at radius 1 is 1.10 bits per heavy atom. The zero-order valence-electron chi connectivity index (χ0n) is 25.4. The second-order valence-electron chi connectivity index (χ2n) is 11.5. The first-order valence-corrected chi connectivity index (χ1v) is 15.4. The third-order valence-electron chi connectivity index (χ3n) is 9.39. The first-order valence-electron chi connectivity index (χ1n) is 15.4. The third kappa shape index (κ3) is 5.37. The van der Waals surface area contributed by atoms with Gasteiger partial charge in [0.15, 0.2) is 0 Å². The highest BCUT2D eigenvalue weighted by atomic mass is 16.6. The fraction of sp³-hybridized carbons (Fsp3) is 0.606. The van der Waals surface area contributed by atoms with E-state index in [1.54, 1.807) is 22.0 Å². The van der Waals surface area contributed by atoms with Crippen LogP contribution in [0.3, 0.4) is 0 Å². The van der Waals surface area contributed by atoms with Gasteiger partial charge in [-0.1, -0.05) is 19.1 Å². The topological polar surface area (TPSA) is 99.6 Å². The summed E-state index contributed by atoms with van der Waals surface area (Å²) in [5, 5.41) is 9.65. The number of carbonyl (C=O) groups is 3. The Bertz CT molecular complexity index is 1150. The minimum Gasteiger partial charge on any atom is -0.465 e. The van der Waals surface area contributed by atoms with Crippen molar-refractivity contribution in [3.8, 4) is 0 Å². The number of benzene rings is 1. The van der Waals surface area contributed by atoms with Crippen LogP contribution in [0.5, 0.6) is 0 Å². The van der Waals surface area contributed by atoms with E-state index in [4.69, 9.17) is 9.47 Å². The molecule has 4 rings (SSSR count). The maximum atomic E-state index is 14.6. The summed E-state index contributed by atoms with van der Waals surface area (Å²) < 4.78 is 12.5. The molecule has 0 aliphatic carbocycles. The first-order chi connectivity index (χ1) is 20.3. The molecule has 0 radical (unpaired) electrons. The molecular weight excluding hydrogens is 534 g/mol. The Kier molecular flexibility index (Phi) is 10.1. The molecule has 0 saturated carbocycles. The SMILES string of the molecule is C=CCCCOC(=O)[C@@H]1[C@H]2C(=O)N(CCCO)C(C(=O)N(CC=C)c3ccc(N(CC)CC)cc3)C23CC[C@@]1(CC)O3. The van der Waals surface area contributed by atoms with E-state index < -0.39 is 35.0 Å². The van der Waals surface area contributed by atoms with Gasteiger partial charge in [0.1, 0.15) is 17.6 Å². The maximum absolute atomic E-state index is 14.6. The Morgan fingerprint density at radius 3 is 2.38 bits per heavy atom. The van der Waals surface area contributed by atoms with Crippen molar-refractivity contribution in [3.63, 3.8) is 0 Å². The van der Waals surface area contributed by atoms with Gasteiger partial charge in [-0.2, -0.15) is 0 Å². The second-order valence-corrected chi connectivity index (χ2v) is 11.5. The molecule has 1 aromatic carbocycles. The van der Waals surface area contributed by atoms with E-state index in [1.165, 1.54) is 0 Å². The van der Waals surface area contributed by atoms with E-state index in [2.05, 4.69) is 31.9 Å². The normalized spacial score (nSPS) is 27.6. The number of fused-ring (bicyclic) bond motifs is 1. The summed E-state index contributed by atoms with van der Waals surface area (Å²) in [7, 11) is 0. The molecule has 3 fully saturated rings. The van der Waals surface area contributed by atoms with Gasteiger partial charge in [0.05, 0.1) is 18.1 Å². The van der Waals surface area contributed by atoms with Crippen LogP contribution in [0, 0.1) is 11.8 Å². The summed E-state index contributed by atoms with van der Waals surface area (Å²) in [5.41, 5.74) is -0.246. The molecule has 3 aliphatic rings. The number of carbonyl (C=O) groups excluding carboxylic acids is 3. The van der Waals surface area contributed by atoms with Gasteiger partial charge < -0.3 is 29.3 Å². The summed E-state index contributed by atoms with van der Waals surface area (Å²) in [6.45, 7) is 16.1. The maximum Gasteiger partial charge on any atom is 0.312 e. The number of nitrogens with zero attached hydrogens (tertiary/aromatic N) is 3. The number of hydrogen-bond donors (Lipinski definition) is 1. The van der Waals surface area contributed by atoms with Crippen LogP contribution < -0.4 is 9.80 Å². The van der Waals surface area contributed by atoms with E-state index >= 15 is 0 Å².